The first kappa shape index (κ1) is 22.8. The third-order valence-electron chi connectivity index (χ3n) is 6.52. The summed E-state index contributed by atoms with van der Waals surface area (Å²) in [5, 5.41) is 0.604. The zero-order chi connectivity index (χ0) is 23.8. The number of hydrogen-bond donors (Lipinski definition) is 0. The Morgan fingerprint density at radius 3 is 2.62 bits per heavy atom. The minimum absolute atomic E-state index is 0.0145. The fourth-order valence-corrected chi connectivity index (χ4v) is 5.77. The number of likely N-dealkylation sites (tertiary alicyclic amines) is 1. The van der Waals surface area contributed by atoms with Crippen LogP contribution in [0.1, 0.15) is 39.4 Å². The molecule has 2 aliphatic heterocycles. The van der Waals surface area contributed by atoms with Crippen LogP contribution in [0.3, 0.4) is 0 Å². The minimum Gasteiger partial charge on any atom is -0.338 e. The molecule has 3 aromatic rings. The molecule has 34 heavy (non-hydrogen) atoms. The highest BCUT2D eigenvalue weighted by atomic mass is 35.5. The van der Waals surface area contributed by atoms with Gasteiger partial charge in [0.2, 0.25) is 0 Å². The number of amides is 2. The standard InChI is InChI=1S/C28H25ClN2O2S/c1-18-7-9-19(10-8-18)22-13-14-31(17-22)27(32)21-11-12-25-24(15-21)30(2)28(33)26(34-25)16-20-5-3-4-6-23(20)29/h3-12,15-16,22H,13-14,17H2,1-2H3/b26-16+. The molecule has 172 valence electrons. The van der Waals surface area contributed by atoms with E-state index < -0.39 is 0 Å². The molecular formula is C28H25ClN2O2S. The summed E-state index contributed by atoms with van der Waals surface area (Å²) in [7, 11) is 1.75. The largest absolute Gasteiger partial charge is 0.338 e. The number of benzene rings is 3. The molecule has 5 rings (SSSR count). The van der Waals surface area contributed by atoms with Crippen LogP contribution in [-0.4, -0.2) is 36.9 Å². The Balaban J connectivity index is 1.35. The van der Waals surface area contributed by atoms with Gasteiger partial charge in [-0.2, -0.15) is 0 Å². The first-order chi connectivity index (χ1) is 16.4. The first-order valence-corrected chi connectivity index (χ1v) is 12.5. The van der Waals surface area contributed by atoms with E-state index in [0.717, 1.165) is 29.1 Å². The van der Waals surface area contributed by atoms with Crippen LogP contribution in [0.2, 0.25) is 5.02 Å². The monoisotopic (exact) mass is 488 g/mol. The van der Waals surface area contributed by atoms with Crippen LogP contribution in [0.5, 0.6) is 0 Å². The number of hydrogen-bond acceptors (Lipinski definition) is 3. The number of carbonyl (C=O) groups is 2. The summed E-state index contributed by atoms with van der Waals surface area (Å²) in [6.07, 6.45) is 2.79. The molecule has 0 aromatic heterocycles. The van der Waals surface area contributed by atoms with Crippen LogP contribution in [0.25, 0.3) is 6.08 Å². The molecule has 0 aliphatic carbocycles. The van der Waals surface area contributed by atoms with Gasteiger partial charge in [0, 0.05) is 41.5 Å². The highest BCUT2D eigenvalue weighted by Crippen LogP contribution is 2.42. The molecule has 1 unspecified atom stereocenters. The van der Waals surface area contributed by atoms with Crippen LogP contribution >= 0.6 is 23.4 Å². The summed E-state index contributed by atoms with van der Waals surface area (Å²) in [5.41, 5.74) is 4.70. The van der Waals surface area contributed by atoms with Crippen molar-refractivity contribution in [3.63, 3.8) is 0 Å². The highest BCUT2D eigenvalue weighted by molar-refractivity contribution is 8.04. The van der Waals surface area contributed by atoms with E-state index in [-0.39, 0.29) is 11.8 Å². The number of thioether (sulfide) groups is 1. The van der Waals surface area contributed by atoms with Gasteiger partial charge in [-0.05, 0) is 54.8 Å². The van der Waals surface area contributed by atoms with E-state index in [0.29, 0.717) is 28.0 Å². The molecule has 0 saturated carbocycles. The number of halogens is 1. The lowest BCUT2D eigenvalue weighted by Gasteiger charge is -2.28. The van der Waals surface area contributed by atoms with Gasteiger partial charge in [-0.15, -0.1) is 0 Å². The van der Waals surface area contributed by atoms with Crippen molar-refractivity contribution in [2.75, 3.05) is 25.0 Å². The van der Waals surface area contributed by atoms with Gasteiger partial charge in [0.1, 0.15) is 0 Å². The fraction of sp³-hybridized carbons (Fsp3) is 0.214. The second kappa shape index (κ2) is 9.32. The third kappa shape index (κ3) is 4.38. The second-order valence-corrected chi connectivity index (χ2v) is 10.3. The first-order valence-electron chi connectivity index (χ1n) is 11.3. The summed E-state index contributed by atoms with van der Waals surface area (Å²) >= 11 is 7.69. The molecule has 0 spiro atoms. The summed E-state index contributed by atoms with van der Waals surface area (Å²) < 4.78 is 0. The molecule has 6 heteroatoms. The lowest BCUT2D eigenvalue weighted by Crippen LogP contribution is -2.31. The van der Waals surface area contributed by atoms with Crippen molar-refractivity contribution in [3.8, 4) is 0 Å². The number of rotatable bonds is 3. The molecule has 3 aromatic carbocycles. The Bertz CT molecular complexity index is 1300. The van der Waals surface area contributed by atoms with E-state index in [2.05, 4.69) is 31.2 Å². The van der Waals surface area contributed by atoms with E-state index >= 15 is 0 Å². The molecule has 0 N–H and O–H groups in total. The van der Waals surface area contributed by atoms with Crippen LogP contribution in [0, 0.1) is 6.92 Å². The SMILES string of the molecule is Cc1ccc(C2CCN(C(=O)c3ccc4c(c3)N(C)C(=O)/C(=C\c3ccccc3Cl)S4)C2)cc1. The van der Waals surface area contributed by atoms with E-state index in [9.17, 15) is 9.59 Å². The van der Waals surface area contributed by atoms with Crippen molar-refractivity contribution in [3.05, 3.63) is 98.9 Å². The van der Waals surface area contributed by atoms with Crippen molar-refractivity contribution in [2.45, 2.75) is 24.2 Å². The van der Waals surface area contributed by atoms with Gasteiger partial charge < -0.3 is 9.80 Å². The minimum atomic E-state index is -0.109. The maximum Gasteiger partial charge on any atom is 0.264 e. The Hall–Kier alpha value is -3.02. The number of likely N-dealkylation sites (N-methyl/N-ethyl adjacent to an activating group) is 1. The average Bonchev–Trinajstić information content (AvgIpc) is 3.34. The maximum absolute atomic E-state index is 13.3. The summed E-state index contributed by atoms with van der Waals surface area (Å²) in [4.78, 5) is 31.4. The van der Waals surface area contributed by atoms with Crippen molar-refractivity contribution in [1.29, 1.82) is 0 Å². The van der Waals surface area contributed by atoms with Gasteiger partial charge in [-0.3, -0.25) is 9.59 Å². The number of fused-ring (bicyclic) bond motifs is 1. The van der Waals surface area contributed by atoms with E-state index in [1.807, 2.05) is 53.4 Å². The zero-order valence-electron chi connectivity index (χ0n) is 19.1. The Labute approximate surface area is 209 Å². The van der Waals surface area contributed by atoms with Crippen molar-refractivity contribution in [2.24, 2.45) is 0 Å². The average molecular weight is 489 g/mol. The Morgan fingerprint density at radius 2 is 1.85 bits per heavy atom. The molecule has 2 amide bonds. The van der Waals surface area contributed by atoms with Gasteiger partial charge >= 0.3 is 0 Å². The number of carbonyl (C=O) groups excluding carboxylic acids is 2. The van der Waals surface area contributed by atoms with Crippen LogP contribution in [-0.2, 0) is 4.79 Å². The smallest absolute Gasteiger partial charge is 0.264 e. The molecule has 2 heterocycles. The maximum atomic E-state index is 13.3. The van der Waals surface area contributed by atoms with Crippen molar-refractivity contribution >= 4 is 46.9 Å². The fourth-order valence-electron chi connectivity index (χ4n) is 4.50. The highest BCUT2D eigenvalue weighted by Gasteiger charge is 2.31. The van der Waals surface area contributed by atoms with Crippen LogP contribution in [0.4, 0.5) is 5.69 Å². The molecule has 1 saturated heterocycles. The van der Waals surface area contributed by atoms with E-state index in [4.69, 9.17) is 11.6 Å². The van der Waals surface area contributed by atoms with Gasteiger partial charge in [-0.25, -0.2) is 0 Å². The summed E-state index contributed by atoms with van der Waals surface area (Å²) in [6, 6.07) is 21.7. The zero-order valence-corrected chi connectivity index (χ0v) is 20.7. The number of anilines is 1. The molecule has 0 radical (unpaired) electrons. The molecule has 2 aliphatic rings. The normalized spacial score (nSPS) is 19.0. The predicted octanol–water partition coefficient (Wildman–Crippen LogP) is 6.39. The molecule has 4 nitrogen and oxygen atoms in total. The van der Waals surface area contributed by atoms with Gasteiger partial charge in [0.05, 0.1) is 10.6 Å². The molecule has 1 atom stereocenters. The molecule has 1 fully saturated rings. The Morgan fingerprint density at radius 1 is 1.09 bits per heavy atom. The lowest BCUT2D eigenvalue weighted by molar-refractivity contribution is -0.114. The summed E-state index contributed by atoms with van der Waals surface area (Å²) in [5.74, 6) is 0.266. The second-order valence-electron chi connectivity index (χ2n) is 8.83. The van der Waals surface area contributed by atoms with Gasteiger partial charge in [0.25, 0.3) is 11.8 Å². The lowest BCUT2D eigenvalue weighted by atomic mass is 9.97. The van der Waals surface area contributed by atoms with Crippen LogP contribution < -0.4 is 4.90 Å². The number of nitrogens with zero attached hydrogens (tertiary/aromatic N) is 2. The molecular weight excluding hydrogens is 464 g/mol. The van der Waals surface area contributed by atoms with Gasteiger partial charge in [-0.1, -0.05) is 71.4 Å². The molecule has 0 bridgehead atoms. The number of aryl methyl sites for hydroxylation is 1. The quantitative estimate of drug-likeness (QED) is 0.401. The van der Waals surface area contributed by atoms with E-state index in [1.54, 1.807) is 11.9 Å². The van der Waals surface area contributed by atoms with Gasteiger partial charge in [0.15, 0.2) is 0 Å². The van der Waals surface area contributed by atoms with Crippen molar-refractivity contribution in [1.82, 2.24) is 4.90 Å². The predicted molar refractivity (Wildman–Crippen MR) is 140 cm³/mol. The third-order valence-corrected chi connectivity index (χ3v) is 7.94. The van der Waals surface area contributed by atoms with E-state index in [1.165, 1.54) is 22.9 Å². The topological polar surface area (TPSA) is 40.6 Å². The summed E-state index contributed by atoms with van der Waals surface area (Å²) in [6.45, 7) is 3.54. The van der Waals surface area contributed by atoms with Crippen LogP contribution in [0.15, 0.2) is 76.5 Å². The Kier molecular flexibility index (Phi) is 6.24. The van der Waals surface area contributed by atoms with Crippen molar-refractivity contribution < 1.29 is 9.59 Å².